The van der Waals surface area contributed by atoms with Crippen LogP contribution in [0, 0.1) is 5.41 Å². The van der Waals surface area contributed by atoms with E-state index in [0.29, 0.717) is 13.0 Å². The Morgan fingerprint density at radius 1 is 1.47 bits per heavy atom. The largest absolute Gasteiger partial charge is 0.396 e. The van der Waals surface area contributed by atoms with Crippen LogP contribution in [0.1, 0.15) is 26.7 Å². The smallest absolute Gasteiger partial charge is 0.242 e. The van der Waals surface area contributed by atoms with E-state index in [1.807, 2.05) is 13.8 Å². The summed E-state index contributed by atoms with van der Waals surface area (Å²) in [6.07, 6.45) is 4.48. The molecule has 3 N–H and O–H groups in total. The van der Waals surface area contributed by atoms with Crippen molar-refractivity contribution in [1.29, 1.82) is 0 Å². The van der Waals surface area contributed by atoms with Gasteiger partial charge in [-0.1, -0.05) is 13.8 Å². The molecule has 0 aromatic carbocycles. The summed E-state index contributed by atoms with van der Waals surface area (Å²) < 4.78 is 26.2. The molecule has 0 radical (unpaired) electrons. The summed E-state index contributed by atoms with van der Waals surface area (Å²) in [5.74, 6) is 0. The lowest BCUT2D eigenvalue weighted by Gasteiger charge is -2.24. The van der Waals surface area contributed by atoms with Crippen molar-refractivity contribution in [2.24, 2.45) is 5.41 Å². The Hall–Kier alpha value is -0.850. The molecule has 0 unspecified atom stereocenters. The summed E-state index contributed by atoms with van der Waals surface area (Å²) in [4.78, 5) is 2.96. The summed E-state index contributed by atoms with van der Waals surface area (Å²) in [5, 5.41) is 8.77. The molecule has 1 heterocycles. The molecule has 0 saturated heterocycles. The highest BCUT2D eigenvalue weighted by atomic mass is 32.2. The molecule has 0 amide bonds. The second-order valence-electron chi connectivity index (χ2n) is 4.86. The van der Waals surface area contributed by atoms with E-state index in [4.69, 9.17) is 5.11 Å². The first-order valence-corrected chi connectivity index (χ1v) is 7.09. The molecule has 0 bridgehead atoms. The van der Waals surface area contributed by atoms with Gasteiger partial charge in [-0.2, -0.15) is 0 Å². The standard InChI is InChI=1S/C11H20N2O3S/c1-11(2,5-3-7-14)9-13-17(15,16)10-4-6-12-8-10/h4,6,8,12-14H,3,5,7,9H2,1-2H3. The summed E-state index contributed by atoms with van der Waals surface area (Å²) in [6.45, 7) is 4.44. The van der Waals surface area contributed by atoms with E-state index >= 15 is 0 Å². The molecule has 98 valence electrons. The van der Waals surface area contributed by atoms with E-state index in [1.54, 1.807) is 6.20 Å². The highest BCUT2D eigenvalue weighted by Gasteiger charge is 2.22. The topological polar surface area (TPSA) is 82.2 Å². The Morgan fingerprint density at radius 3 is 2.71 bits per heavy atom. The molecule has 0 aliphatic heterocycles. The maximum Gasteiger partial charge on any atom is 0.242 e. The van der Waals surface area contributed by atoms with Crippen LogP contribution < -0.4 is 4.72 Å². The van der Waals surface area contributed by atoms with Crippen LogP contribution >= 0.6 is 0 Å². The minimum atomic E-state index is -3.42. The van der Waals surface area contributed by atoms with Crippen LogP contribution in [0.15, 0.2) is 23.4 Å². The van der Waals surface area contributed by atoms with Crippen molar-refractivity contribution in [1.82, 2.24) is 9.71 Å². The molecule has 1 aromatic rings. The maximum atomic E-state index is 11.8. The number of sulfonamides is 1. The minimum absolute atomic E-state index is 0.133. The van der Waals surface area contributed by atoms with Gasteiger partial charge >= 0.3 is 0 Å². The van der Waals surface area contributed by atoms with Gasteiger partial charge < -0.3 is 10.1 Å². The first-order chi connectivity index (χ1) is 7.87. The van der Waals surface area contributed by atoms with Gasteiger partial charge in [0.25, 0.3) is 0 Å². The number of hydrogen-bond acceptors (Lipinski definition) is 3. The van der Waals surface area contributed by atoms with Crippen molar-refractivity contribution in [2.75, 3.05) is 13.2 Å². The van der Waals surface area contributed by atoms with Crippen molar-refractivity contribution in [2.45, 2.75) is 31.6 Å². The van der Waals surface area contributed by atoms with Gasteiger partial charge in [-0.25, -0.2) is 13.1 Å². The zero-order valence-electron chi connectivity index (χ0n) is 10.2. The fourth-order valence-corrected chi connectivity index (χ4v) is 2.71. The number of nitrogens with one attached hydrogen (secondary N) is 2. The van der Waals surface area contributed by atoms with Crippen LogP contribution in [-0.2, 0) is 10.0 Å². The predicted octanol–water partition coefficient (Wildman–Crippen LogP) is 1.09. The average Bonchev–Trinajstić information content (AvgIpc) is 2.78. The van der Waals surface area contributed by atoms with Crippen molar-refractivity contribution >= 4 is 10.0 Å². The molecule has 5 nitrogen and oxygen atoms in total. The van der Waals surface area contributed by atoms with Crippen molar-refractivity contribution < 1.29 is 13.5 Å². The van der Waals surface area contributed by atoms with Gasteiger partial charge in [0, 0.05) is 25.5 Å². The summed E-state index contributed by atoms with van der Waals surface area (Å²) >= 11 is 0. The second-order valence-corrected chi connectivity index (χ2v) is 6.63. The van der Waals surface area contributed by atoms with Crippen molar-refractivity contribution in [3.63, 3.8) is 0 Å². The summed E-state index contributed by atoms with van der Waals surface area (Å²) in [6, 6.07) is 1.52. The van der Waals surface area contributed by atoms with Gasteiger partial charge in [-0.15, -0.1) is 0 Å². The van der Waals surface area contributed by atoms with E-state index in [2.05, 4.69) is 9.71 Å². The normalized spacial score (nSPS) is 12.9. The molecule has 6 heteroatoms. The number of aromatic nitrogens is 1. The Labute approximate surface area is 102 Å². The fourth-order valence-electron chi connectivity index (χ4n) is 1.50. The van der Waals surface area contributed by atoms with Crippen LogP contribution in [0.5, 0.6) is 0 Å². The van der Waals surface area contributed by atoms with Gasteiger partial charge in [0.15, 0.2) is 0 Å². The first-order valence-electron chi connectivity index (χ1n) is 5.61. The highest BCUT2D eigenvalue weighted by molar-refractivity contribution is 7.89. The molecule has 0 spiro atoms. The molecule has 0 atom stereocenters. The fraction of sp³-hybridized carbons (Fsp3) is 0.636. The van der Waals surface area contributed by atoms with Crippen molar-refractivity contribution in [3.8, 4) is 0 Å². The maximum absolute atomic E-state index is 11.8. The Morgan fingerprint density at radius 2 is 2.18 bits per heavy atom. The molecule has 0 aliphatic rings. The van der Waals surface area contributed by atoms with Crippen LogP contribution in [0.3, 0.4) is 0 Å². The second kappa shape index (κ2) is 5.66. The van der Waals surface area contributed by atoms with Crippen LogP contribution in [0.25, 0.3) is 0 Å². The van der Waals surface area contributed by atoms with Gasteiger partial charge in [0.2, 0.25) is 10.0 Å². The van der Waals surface area contributed by atoms with Crippen LogP contribution in [0.4, 0.5) is 0 Å². The van der Waals surface area contributed by atoms with Gasteiger partial charge in [-0.05, 0) is 24.3 Å². The van der Waals surface area contributed by atoms with Crippen LogP contribution in [0.2, 0.25) is 0 Å². The molecular weight excluding hydrogens is 240 g/mol. The molecule has 0 saturated carbocycles. The zero-order chi connectivity index (χ0) is 12.9. The van der Waals surface area contributed by atoms with Gasteiger partial charge in [0.1, 0.15) is 0 Å². The lowest BCUT2D eigenvalue weighted by molar-refractivity contribution is 0.242. The molecular formula is C11H20N2O3S. The van der Waals surface area contributed by atoms with E-state index in [-0.39, 0.29) is 16.9 Å². The first kappa shape index (κ1) is 14.2. The summed E-state index contributed by atoms with van der Waals surface area (Å²) in [7, 11) is -3.42. The van der Waals surface area contributed by atoms with Crippen molar-refractivity contribution in [3.05, 3.63) is 18.5 Å². The lowest BCUT2D eigenvalue weighted by Crippen LogP contribution is -2.34. The number of hydrogen-bond donors (Lipinski definition) is 3. The van der Waals surface area contributed by atoms with E-state index in [0.717, 1.165) is 6.42 Å². The van der Waals surface area contributed by atoms with E-state index in [1.165, 1.54) is 12.3 Å². The number of H-pyrrole nitrogens is 1. The molecule has 1 rings (SSSR count). The Bertz CT molecular complexity index is 424. The van der Waals surface area contributed by atoms with E-state index < -0.39 is 10.0 Å². The average molecular weight is 260 g/mol. The third-order valence-electron chi connectivity index (χ3n) is 2.63. The quantitative estimate of drug-likeness (QED) is 0.686. The summed E-state index contributed by atoms with van der Waals surface area (Å²) in [5.41, 5.74) is -0.161. The highest BCUT2D eigenvalue weighted by Crippen LogP contribution is 2.21. The molecule has 0 aliphatic carbocycles. The SMILES string of the molecule is CC(C)(CCCO)CNS(=O)(=O)c1cc[nH]c1. The third kappa shape index (κ3) is 4.49. The number of aromatic amines is 1. The number of aliphatic hydroxyl groups excluding tert-OH is 1. The number of rotatable bonds is 7. The Balaban J connectivity index is 2.56. The third-order valence-corrected chi connectivity index (χ3v) is 4.03. The molecule has 1 aromatic heterocycles. The molecule has 17 heavy (non-hydrogen) atoms. The zero-order valence-corrected chi connectivity index (χ0v) is 11.0. The minimum Gasteiger partial charge on any atom is -0.396 e. The predicted molar refractivity (Wildman–Crippen MR) is 66.1 cm³/mol. The Kier molecular flexibility index (Phi) is 4.73. The van der Waals surface area contributed by atoms with Crippen LogP contribution in [-0.4, -0.2) is 31.7 Å². The monoisotopic (exact) mass is 260 g/mol. The lowest BCUT2D eigenvalue weighted by atomic mass is 9.88. The van der Waals surface area contributed by atoms with Gasteiger partial charge in [0.05, 0.1) is 4.90 Å². The van der Waals surface area contributed by atoms with Gasteiger partial charge in [-0.3, -0.25) is 0 Å². The molecule has 0 fully saturated rings. The number of aliphatic hydroxyl groups is 1. The van der Waals surface area contributed by atoms with E-state index in [9.17, 15) is 8.42 Å².